The highest BCUT2D eigenvalue weighted by molar-refractivity contribution is 7.80. The number of hydrogen-bond acceptors (Lipinski definition) is 5. The Labute approximate surface area is 164 Å². The largest absolute Gasteiger partial charge is 0.493 e. The van der Waals surface area contributed by atoms with E-state index in [1.54, 1.807) is 7.11 Å². The molecule has 0 spiro atoms. The summed E-state index contributed by atoms with van der Waals surface area (Å²) in [5, 5.41) is 6.87. The van der Waals surface area contributed by atoms with Gasteiger partial charge in [0.25, 0.3) is 0 Å². The molecule has 0 saturated carbocycles. The first-order valence-corrected chi connectivity index (χ1v) is 9.24. The summed E-state index contributed by atoms with van der Waals surface area (Å²) in [4.78, 5) is 0. The van der Waals surface area contributed by atoms with Gasteiger partial charge in [-0.1, -0.05) is 6.07 Å². The highest BCUT2D eigenvalue weighted by Crippen LogP contribution is 2.32. The third kappa shape index (κ3) is 5.17. The van der Waals surface area contributed by atoms with E-state index in [0.29, 0.717) is 30.6 Å². The third-order valence-corrected chi connectivity index (χ3v) is 4.09. The maximum atomic E-state index is 5.74. The molecule has 0 saturated heterocycles. The zero-order valence-corrected chi connectivity index (χ0v) is 16.5. The van der Waals surface area contributed by atoms with Crippen LogP contribution in [0.1, 0.15) is 19.4 Å². The molecular weight excluding hydrogens is 364 g/mol. The summed E-state index contributed by atoms with van der Waals surface area (Å²) in [6.07, 6.45) is 0.0886. The van der Waals surface area contributed by atoms with E-state index in [0.717, 1.165) is 28.5 Å². The van der Waals surface area contributed by atoms with Crippen molar-refractivity contribution < 1.29 is 18.9 Å². The van der Waals surface area contributed by atoms with Crippen molar-refractivity contribution >= 4 is 23.0 Å². The molecule has 0 aromatic heterocycles. The van der Waals surface area contributed by atoms with E-state index in [-0.39, 0.29) is 6.10 Å². The first kappa shape index (κ1) is 19.1. The molecule has 0 fully saturated rings. The maximum Gasteiger partial charge on any atom is 0.171 e. The second kappa shape index (κ2) is 8.81. The van der Waals surface area contributed by atoms with Crippen LogP contribution in [-0.4, -0.2) is 31.5 Å². The standard InChI is InChI=1S/C20H24N2O4S/c1-13(2)26-17-6-4-14(10-18(17)23-3)12-21-20(27)22-15-5-7-16-19(11-15)25-9-8-24-16/h4-7,10-11,13H,8-9,12H2,1-3H3,(H2,21,22,27). The first-order valence-electron chi connectivity index (χ1n) is 8.83. The van der Waals surface area contributed by atoms with Crippen molar-refractivity contribution in [1.82, 2.24) is 5.32 Å². The highest BCUT2D eigenvalue weighted by Gasteiger charge is 2.12. The molecule has 2 N–H and O–H groups in total. The number of benzene rings is 2. The molecule has 1 aliphatic heterocycles. The van der Waals surface area contributed by atoms with Gasteiger partial charge in [-0.3, -0.25) is 0 Å². The summed E-state index contributed by atoms with van der Waals surface area (Å²) in [7, 11) is 1.63. The van der Waals surface area contributed by atoms with E-state index in [1.165, 1.54) is 0 Å². The molecule has 0 bridgehead atoms. The third-order valence-electron chi connectivity index (χ3n) is 3.84. The summed E-state index contributed by atoms with van der Waals surface area (Å²) in [5.74, 6) is 2.91. The quantitative estimate of drug-likeness (QED) is 0.731. The second-order valence-corrected chi connectivity index (χ2v) is 6.73. The van der Waals surface area contributed by atoms with Crippen LogP contribution in [0.15, 0.2) is 36.4 Å². The van der Waals surface area contributed by atoms with E-state index < -0.39 is 0 Å². The van der Waals surface area contributed by atoms with Gasteiger partial charge in [-0.2, -0.15) is 0 Å². The van der Waals surface area contributed by atoms with E-state index in [4.69, 9.17) is 31.2 Å². The van der Waals surface area contributed by atoms with Gasteiger partial charge in [0.15, 0.2) is 28.1 Å². The summed E-state index contributed by atoms with van der Waals surface area (Å²) in [6.45, 7) is 5.66. The van der Waals surface area contributed by atoms with E-state index in [2.05, 4.69) is 10.6 Å². The number of rotatable bonds is 6. The number of methoxy groups -OCH3 is 1. The lowest BCUT2D eigenvalue weighted by molar-refractivity contribution is 0.171. The minimum Gasteiger partial charge on any atom is -0.493 e. The number of fused-ring (bicyclic) bond motifs is 1. The van der Waals surface area contributed by atoms with Crippen LogP contribution in [0.3, 0.4) is 0 Å². The predicted octanol–water partition coefficient (Wildman–Crippen LogP) is 3.74. The maximum absolute atomic E-state index is 5.74. The van der Waals surface area contributed by atoms with Gasteiger partial charge in [-0.05, 0) is 55.9 Å². The SMILES string of the molecule is COc1cc(CNC(=S)Nc2ccc3c(c2)OCCO3)ccc1OC(C)C. The predicted molar refractivity (Wildman–Crippen MR) is 109 cm³/mol. The average molecular weight is 388 g/mol. The number of ether oxygens (including phenoxy) is 4. The molecule has 3 rings (SSSR count). The fraction of sp³-hybridized carbons (Fsp3) is 0.350. The molecule has 0 radical (unpaired) electrons. The Bertz CT molecular complexity index is 811. The van der Waals surface area contributed by atoms with Crippen LogP contribution in [0.5, 0.6) is 23.0 Å². The smallest absolute Gasteiger partial charge is 0.171 e. The highest BCUT2D eigenvalue weighted by atomic mass is 32.1. The summed E-state index contributed by atoms with van der Waals surface area (Å²) >= 11 is 5.38. The lowest BCUT2D eigenvalue weighted by Gasteiger charge is -2.19. The van der Waals surface area contributed by atoms with Crippen LogP contribution < -0.4 is 29.6 Å². The Balaban J connectivity index is 1.57. The first-order chi connectivity index (χ1) is 13.0. The van der Waals surface area contributed by atoms with Gasteiger partial charge >= 0.3 is 0 Å². The van der Waals surface area contributed by atoms with Crippen LogP contribution in [-0.2, 0) is 6.54 Å². The van der Waals surface area contributed by atoms with Crippen LogP contribution in [0.2, 0.25) is 0 Å². The fourth-order valence-corrected chi connectivity index (χ4v) is 2.84. The molecule has 7 heteroatoms. The van der Waals surface area contributed by atoms with Crippen molar-refractivity contribution in [2.45, 2.75) is 26.5 Å². The van der Waals surface area contributed by atoms with Gasteiger partial charge in [-0.15, -0.1) is 0 Å². The Morgan fingerprint density at radius 3 is 2.59 bits per heavy atom. The summed E-state index contributed by atoms with van der Waals surface area (Å²) in [6, 6.07) is 11.5. The van der Waals surface area contributed by atoms with E-state index >= 15 is 0 Å². The lowest BCUT2D eigenvalue weighted by atomic mass is 10.2. The molecule has 0 unspecified atom stereocenters. The molecule has 144 valence electrons. The lowest BCUT2D eigenvalue weighted by Crippen LogP contribution is -2.28. The van der Waals surface area contributed by atoms with Gasteiger partial charge in [0.1, 0.15) is 13.2 Å². The van der Waals surface area contributed by atoms with Crippen molar-refractivity contribution in [2.24, 2.45) is 0 Å². The average Bonchev–Trinajstić information content (AvgIpc) is 2.66. The van der Waals surface area contributed by atoms with Crippen LogP contribution in [0, 0.1) is 0 Å². The normalized spacial score (nSPS) is 12.4. The van der Waals surface area contributed by atoms with Crippen molar-refractivity contribution in [3.63, 3.8) is 0 Å². The zero-order chi connectivity index (χ0) is 19.2. The fourth-order valence-electron chi connectivity index (χ4n) is 2.65. The molecule has 1 heterocycles. The van der Waals surface area contributed by atoms with Crippen molar-refractivity contribution in [2.75, 3.05) is 25.6 Å². The number of hydrogen-bond donors (Lipinski definition) is 2. The minimum atomic E-state index is 0.0886. The van der Waals surface area contributed by atoms with Crippen LogP contribution in [0.25, 0.3) is 0 Å². The molecule has 6 nitrogen and oxygen atoms in total. The van der Waals surface area contributed by atoms with Gasteiger partial charge < -0.3 is 29.6 Å². The van der Waals surface area contributed by atoms with Gasteiger partial charge in [-0.25, -0.2) is 0 Å². The molecule has 0 amide bonds. The Morgan fingerprint density at radius 1 is 1.07 bits per heavy atom. The van der Waals surface area contributed by atoms with Crippen LogP contribution in [0.4, 0.5) is 5.69 Å². The van der Waals surface area contributed by atoms with E-state index in [1.807, 2.05) is 50.2 Å². The summed E-state index contributed by atoms with van der Waals surface area (Å²) in [5.41, 5.74) is 1.88. The zero-order valence-electron chi connectivity index (χ0n) is 15.7. The van der Waals surface area contributed by atoms with Crippen molar-refractivity contribution in [3.8, 4) is 23.0 Å². The molecular formula is C20H24N2O4S. The van der Waals surface area contributed by atoms with Gasteiger partial charge in [0, 0.05) is 18.3 Å². The number of thiocarbonyl (C=S) groups is 1. The van der Waals surface area contributed by atoms with Crippen molar-refractivity contribution in [3.05, 3.63) is 42.0 Å². The Hall–Kier alpha value is -2.67. The monoisotopic (exact) mass is 388 g/mol. The van der Waals surface area contributed by atoms with Crippen molar-refractivity contribution in [1.29, 1.82) is 0 Å². The minimum absolute atomic E-state index is 0.0886. The van der Waals surface area contributed by atoms with Gasteiger partial charge in [0.2, 0.25) is 0 Å². The molecule has 2 aromatic rings. The van der Waals surface area contributed by atoms with Crippen LogP contribution >= 0.6 is 12.2 Å². The molecule has 0 atom stereocenters. The Morgan fingerprint density at radius 2 is 1.85 bits per heavy atom. The number of anilines is 1. The molecule has 2 aromatic carbocycles. The van der Waals surface area contributed by atoms with E-state index in [9.17, 15) is 0 Å². The molecule has 27 heavy (non-hydrogen) atoms. The Kier molecular flexibility index (Phi) is 6.24. The molecule has 0 aliphatic carbocycles. The topological polar surface area (TPSA) is 61.0 Å². The molecule has 1 aliphatic rings. The second-order valence-electron chi connectivity index (χ2n) is 6.32. The van der Waals surface area contributed by atoms with Gasteiger partial charge in [0.05, 0.1) is 13.2 Å². The number of nitrogens with one attached hydrogen (secondary N) is 2. The summed E-state index contributed by atoms with van der Waals surface area (Å²) < 4.78 is 22.3.